The summed E-state index contributed by atoms with van der Waals surface area (Å²) in [5.41, 5.74) is -1.31. The fourth-order valence-corrected chi connectivity index (χ4v) is 3.83. The van der Waals surface area contributed by atoms with Gasteiger partial charge in [0.1, 0.15) is 0 Å². The first-order valence-electron chi connectivity index (χ1n) is 5.19. The summed E-state index contributed by atoms with van der Waals surface area (Å²) in [7, 11) is -3.00. The predicted octanol–water partition coefficient (Wildman–Crippen LogP) is 0.945. The van der Waals surface area contributed by atoms with Crippen LogP contribution in [0.2, 0.25) is 0 Å². The molecule has 0 aromatic carbocycles. The molecule has 1 rings (SSSR count). The predicted molar refractivity (Wildman–Crippen MR) is 64.3 cm³/mol. The lowest BCUT2D eigenvalue weighted by molar-refractivity contribution is -0.129. The number of carbonyl (C=O) groups is 1. The second-order valence-corrected chi connectivity index (χ2v) is 7.83. The molecule has 1 aliphatic rings. The molecule has 0 bridgehead atoms. The van der Waals surface area contributed by atoms with Crippen LogP contribution in [0, 0.1) is 5.41 Å². The SMILES string of the molecule is CC1(NC(=O)C(C)(C)CCl)CCS(=O)(=O)C1. The summed E-state index contributed by atoms with van der Waals surface area (Å²) in [5, 5.41) is 2.80. The van der Waals surface area contributed by atoms with Crippen LogP contribution in [0.3, 0.4) is 0 Å². The molecular weight excluding hydrogens is 250 g/mol. The second kappa shape index (κ2) is 4.18. The summed E-state index contributed by atoms with van der Waals surface area (Å²) in [4.78, 5) is 11.9. The third kappa shape index (κ3) is 3.10. The van der Waals surface area contributed by atoms with Crippen molar-refractivity contribution in [3.05, 3.63) is 0 Å². The highest BCUT2D eigenvalue weighted by atomic mass is 35.5. The zero-order chi connectivity index (χ0) is 12.6. The van der Waals surface area contributed by atoms with E-state index in [0.717, 1.165) is 0 Å². The number of carbonyl (C=O) groups excluding carboxylic acids is 1. The van der Waals surface area contributed by atoms with Gasteiger partial charge in [-0.25, -0.2) is 8.42 Å². The number of hydrogen-bond donors (Lipinski definition) is 1. The zero-order valence-corrected chi connectivity index (χ0v) is 11.4. The van der Waals surface area contributed by atoms with Crippen LogP contribution < -0.4 is 5.32 Å². The van der Waals surface area contributed by atoms with Crippen LogP contribution in [0.4, 0.5) is 0 Å². The second-order valence-electron chi connectivity index (χ2n) is 5.37. The molecule has 1 saturated heterocycles. The maximum atomic E-state index is 11.9. The number of alkyl halides is 1. The normalized spacial score (nSPS) is 29.0. The van der Waals surface area contributed by atoms with E-state index >= 15 is 0 Å². The first kappa shape index (κ1) is 13.8. The Labute approximate surface area is 102 Å². The number of halogens is 1. The number of rotatable bonds is 3. The average molecular weight is 268 g/mol. The van der Waals surface area contributed by atoms with Crippen molar-refractivity contribution in [3.8, 4) is 0 Å². The third-order valence-corrected chi connectivity index (χ3v) is 5.44. The van der Waals surface area contributed by atoms with Crippen LogP contribution >= 0.6 is 11.6 Å². The number of nitrogens with one attached hydrogen (secondary N) is 1. The maximum absolute atomic E-state index is 11.9. The molecule has 1 aliphatic heterocycles. The van der Waals surface area contributed by atoms with Gasteiger partial charge >= 0.3 is 0 Å². The molecule has 0 radical (unpaired) electrons. The molecule has 6 heteroatoms. The van der Waals surface area contributed by atoms with Crippen LogP contribution in [-0.4, -0.2) is 37.2 Å². The third-order valence-electron chi connectivity index (χ3n) is 2.87. The van der Waals surface area contributed by atoms with E-state index in [4.69, 9.17) is 11.6 Å². The van der Waals surface area contributed by atoms with Crippen molar-refractivity contribution in [2.24, 2.45) is 5.41 Å². The standard InChI is InChI=1S/C10H18ClNO3S/c1-9(2,6-11)8(13)12-10(3)4-5-16(14,15)7-10/h4-7H2,1-3H3,(H,12,13). The zero-order valence-electron chi connectivity index (χ0n) is 9.84. The maximum Gasteiger partial charge on any atom is 0.227 e. The van der Waals surface area contributed by atoms with E-state index in [-0.39, 0.29) is 23.3 Å². The molecule has 1 unspecified atom stereocenters. The Morgan fingerprint density at radius 3 is 2.44 bits per heavy atom. The first-order chi connectivity index (χ1) is 7.10. The molecule has 0 spiro atoms. The van der Waals surface area contributed by atoms with Gasteiger partial charge < -0.3 is 5.32 Å². The highest BCUT2D eigenvalue weighted by Gasteiger charge is 2.41. The van der Waals surface area contributed by atoms with Gasteiger partial charge in [0, 0.05) is 5.88 Å². The van der Waals surface area contributed by atoms with Gasteiger partial charge in [-0.05, 0) is 27.2 Å². The van der Waals surface area contributed by atoms with Crippen LogP contribution in [0.25, 0.3) is 0 Å². The molecule has 94 valence electrons. The van der Waals surface area contributed by atoms with E-state index in [1.807, 2.05) is 0 Å². The molecule has 4 nitrogen and oxygen atoms in total. The Hall–Kier alpha value is -0.290. The molecule has 0 aromatic rings. The van der Waals surface area contributed by atoms with Crippen molar-refractivity contribution in [2.75, 3.05) is 17.4 Å². The van der Waals surface area contributed by atoms with E-state index < -0.39 is 20.8 Å². The summed E-state index contributed by atoms with van der Waals surface area (Å²) in [6.45, 7) is 5.24. The highest BCUT2D eigenvalue weighted by Crippen LogP contribution is 2.25. The molecule has 16 heavy (non-hydrogen) atoms. The number of sulfone groups is 1. The van der Waals surface area contributed by atoms with Gasteiger partial charge in [-0.2, -0.15) is 0 Å². The number of amides is 1. The minimum atomic E-state index is -3.00. The van der Waals surface area contributed by atoms with Gasteiger partial charge in [-0.3, -0.25) is 4.79 Å². The van der Waals surface area contributed by atoms with Crippen molar-refractivity contribution in [3.63, 3.8) is 0 Å². The molecule has 1 N–H and O–H groups in total. The van der Waals surface area contributed by atoms with E-state index in [9.17, 15) is 13.2 Å². The largest absolute Gasteiger partial charge is 0.349 e. The topological polar surface area (TPSA) is 63.2 Å². The highest BCUT2D eigenvalue weighted by molar-refractivity contribution is 7.91. The van der Waals surface area contributed by atoms with Crippen LogP contribution in [-0.2, 0) is 14.6 Å². The molecule has 1 amide bonds. The summed E-state index contributed by atoms with van der Waals surface area (Å²) >= 11 is 5.70. The van der Waals surface area contributed by atoms with Crippen molar-refractivity contribution in [2.45, 2.75) is 32.7 Å². The molecular formula is C10H18ClNO3S. The molecule has 1 heterocycles. The van der Waals surface area contributed by atoms with Crippen molar-refractivity contribution >= 4 is 27.3 Å². The molecule has 1 fully saturated rings. The van der Waals surface area contributed by atoms with E-state index in [2.05, 4.69) is 5.32 Å². The van der Waals surface area contributed by atoms with Gasteiger partial charge in [0.15, 0.2) is 9.84 Å². The minimum absolute atomic E-state index is 0.0180. The average Bonchev–Trinajstić information content (AvgIpc) is 2.40. The lowest BCUT2D eigenvalue weighted by Gasteiger charge is -2.29. The fourth-order valence-electron chi connectivity index (χ4n) is 1.61. The van der Waals surface area contributed by atoms with E-state index in [0.29, 0.717) is 6.42 Å². The Morgan fingerprint density at radius 1 is 1.50 bits per heavy atom. The molecule has 0 saturated carbocycles. The van der Waals surface area contributed by atoms with Crippen LogP contribution in [0.15, 0.2) is 0 Å². The summed E-state index contributed by atoms with van der Waals surface area (Å²) in [6.07, 6.45) is 0.472. The Balaban J connectivity index is 2.73. The smallest absolute Gasteiger partial charge is 0.227 e. The van der Waals surface area contributed by atoms with Gasteiger partial charge in [-0.15, -0.1) is 11.6 Å². The Kier molecular flexibility index (Phi) is 3.60. The van der Waals surface area contributed by atoms with Gasteiger partial charge in [0.2, 0.25) is 5.91 Å². The van der Waals surface area contributed by atoms with Crippen LogP contribution in [0.1, 0.15) is 27.2 Å². The van der Waals surface area contributed by atoms with Crippen molar-refractivity contribution < 1.29 is 13.2 Å². The minimum Gasteiger partial charge on any atom is -0.349 e. The quantitative estimate of drug-likeness (QED) is 0.775. The lowest BCUT2D eigenvalue weighted by Crippen LogP contribution is -2.51. The summed E-state index contributed by atoms with van der Waals surface area (Å²) < 4.78 is 22.7. The monoisotopic (exact) mass is 267 g/mol. The summed E-state index contributed by atoms with van der Waals surface area (Å²) in [6, 6.07) is 0. The van der Waals surface area contributed by atoms with Gasteiger partial charge in [-0.1, -0.05) is 0 Å². The van der Waals surface area contributed by atoms with Crippen LogP contribution in [0.5, 0.6) is 0 Å². The fraction of sp³-hybridized carbons (Fsp3) is 0.900. The van der Waals surface area contributed by atoms with E-state index in [1.165, 1.54) is 0 Å². The van der Waals surface area contributed by atoms with Gasteiger partial charge in [0.25, 0.3) is 0 Å². The Bertz CT molecular complexity index is 391. The lowest BCUT2D eigenvalue weighted by atomic mass is 9.92. The Morgan fingerprint density at radius 2 is 2.06 bits per heavy atom. The van der Waals surface area contributed by atoms with Crippen molar-refractivity contribution in [1.82, 2.24) is 5.32 Å². The van der Waals surface area contributed by atoms with Crippen molar-refractivity contribution in [1.29, 1.82) is 0 Å². The first-order valence-corrected chi connectivity index (χ1v) is 7.55. The summed E-state index contributed by atoms with van der Waals surface area (Å²) in [5.74, 6) is 0.179. The molecule has 0 aromatic heterocycles. The molecule has 1 atom stereocenters. The van der Waals surface area contributed by atoms with Gasteiger partial charge in [0.05, 0.1) is 22.5 Å². The molecule has 0 aliphatic carbocycles. The number of hydrogen-bond acceptors (Lipinski definition) is 3. The van der Waals surface area contributed by atoms with E-state index in [1.54, 1.807) is 20.8 Å².